The molecule has 0 aliphatic carbocycles. The van der Waals surface area contributed by atoms with E-state index in [4.69, 9.17) is 44.1 Å². The monoisotopic (exact) mass is 1270 g/mol. The van der Waals surface area contributed by atoms with E-state index in [1.807, 2.05) is 39.3 Å². The number of amides is 2. The summed E-state index contributed by atoms with van der Waals surface area (Å²) < 4.78 is 127. The Labute approximate surface area is 483 Å². The molecule has 17 nitrogen and oxygen atoms in total. The first-order chi connectivity index (χ1) is 36.6. The van der Waals surface area contributed by atoms with Gasteiger partial charge in [-0.3, -0.25) is 23.9 Å². The van der Waals surface area contributed by atoms with Crippen LogP contribution in [0.5, 0.6) is 0 Å². The van der Waals surface area contributed by atoms with Gasteiger partial charge in [-0.1, -0.05) is 90.0 Å². The lowest BCUT2D eigenvalue weighted by Crippen LogP contribution is -2.48. The normalized spacial score (nSPS) is 13.6. The van der Waals surface area contributed by atoms with E-state index >= 15 is 0 Å². The number of carboxylic acid groups (broad SMARTS) is 1. The summed E-state index contributed by atoms with van der Waals surface area (Å²) in [6.45, 7) is 14.5. The largest absolute Gasteiger partial charge is 0.480 e. The number of carboxylic acids is 1. The number of aliphatic carboxylic acids is 1. The number of fused-ring (bicyclic) bond motifs is 1. The smallest absolute Gasteiger partial charge is 0.418 e. The summed E-state index contributed by atoms with van der Waals surface area (Å²) in [5.41, 5.74) is -2.42. The van der Waals surface area contributed by atoms with E-state index in [1.165, 1.54) is 53.2 Å². The molecule has 2 amide bonds. The van der Waals surface area contributed by atoms with Crippen LogP contribution in [0.3, 0.4) is 0 Å². The minimum Gasteiger partial charge on any atom is -0.480 e. The Balaban J connectivity index is 0.000000279. The Hall–Kier alpha value is -4.44. The maximum Gasteiger partial charge on any atom is 0.418 e. The standard InChI is InChI=1S/C16H13Cl2NO3.C14H24NO4PS3.C10H12F3NO2S2.C10H12N2O3S/c1-10(16(21)22)19(12-7-8-13(17)14(18)9-12)15(20)11-5-3-2-4-6-11;1-12(2)18-20(21,19-13(3)4)22-11-10-15-23(16,17)14-8-6-5-7-9-14;1-3-17-7-4-5-9(14-18(2,15)16)8(6-7)10(11,12)13;1-7(2)12-10(13)8-5-3-4-6-9(8)11-16(12,14)15/h2-10H,1H3,(H,21,22);5-9,12-13,15H,10-11H2,1-4H3;4-6,14H,3H2,1-2H3;3-7,11H,1-2H3. The molecule has 434 valence electrons. The van der Waals surface area contributed by atoms with Crippen LogP contribution in [0.15, 0.2) is 131 Å². The van der Waals surface area contributed by atoms with Crippen molar-refractivity contribution in [2.75, 3.05) is 38.7 Å². The van der Waals surface area contributed by atoms with Gasteiger partial charge in [0.1, 0.15) is 6.04 Å². The number of thioether (sulfide) groups is 1. The van der Waals surface area contributed by atoms with Gasteiger partial charge >= 0.3 is 22.4 Å². The van der Waals surface area contributed by atoms with Gasteiger partial charge in [0.05, 0.1) is 55.9 Å². The molecule has 1 aliphatic heterocycles. The van der Waals surface area contributed by atoms with Crippen molar-refractivity contribution < 1.29 is 67.0 Å². The van der Waals surface area contributed by atoms with Crippen LogP contribution in [0.1, 0.15) is 81.7 Å². The van der Waals surface area contributed by atoms with Gasteiger partial charge in [0.2, 0.25) is 25.7 Å². The fraction of sp³-hybridized carbons (Fsp3) is 0.340. The summed E-state index contributed by atoms with van der Waals surface area (Å²) in [6, 6.07) is 29.9. The molecule has 0 radical (unpaired) electrons. The third-order valence-electron chi connectivity index (χ3n) is 9.77. The van der Waals surface area contributed by atoms with Crippen molar-refractivity contribution in [3.8, 4) is 0 Å². The van der Waals surface area contributed by atoms with Crippen LogP contribution in [0.4, 0.5) is 30.2 Å². The summed E-state index contributed by atoms with van der Waals surface area (Å²) in [5, 5.41) is 9.87. The maximum absolute atomic E-state index is 12.8. The number of anilines is 3. The Bertz CT molecular complexity index is 3250. The number of halogens is 5. The number of carbonyl (C=O) groups excluding carboxylic acids is 2. The highest BCUT2D eigenvalue weighted by Crippen LogP contribution is 2.62. The molecule has 29 heteroatoms. The quantitative estimate of drug-likeness (QED) is 0.0342. The number of alkyl halides is 3. The number of hydrogen-bond donors (Lipinski definition) is 4. The predicted molar refractivity (Wildman–Crippen MR) is 314 cm³/mol. The van der Waals surface area contributed by atoms with Crippen molar-refractivity contribution in [3.05, 3.63) is 148 Å². The molecule has 5 aromatic rings. The molecule has 0 bridgehead atoms. The number of hydrogen-bond acceptors (Lipinski definition) is 14. The Kier molecular flexibility index (Phi) is 26.6. The highest BCUT2D eigenvalue weighted by atomic mass is 35.5. The van der Waals surface area contributed by atoms with Crippen LogP contribution in [0, 0.1) is 0 Å². The van der Waals surface area contributed by atoms with Gasteiger partial charge in [0, 0.05) is 34.5 Å². The van der Waals surface area contributed by atoms with E-state index in [2.05, 4.69) is 9.44 Å². The van der Waals surface area contributed by atoms with Gasteiger partial charge in [0.25, 0.3) is 11.8 Å². The molecule has 4 N–H and O–H groups in total. The van der Waals surface area contributed by atoms with Crippen molar-refractivity contribution in [2.24, 2.45) is 0 Å². The lowest BCUT2D eigenvalue weighted by Gasteiger charge is -2.31. The minimum absolute atomic E-state index is 0.0342. The van der Waals surface area contributed by atoms with Gasteiger partial charge < -0.3 is 14.2 Å². The molecule has 1 aliphatic rings. The summed E-state index contributed by atoms with van der Waals surface area (Å²) in [7, 11) is -11.0. The second kappa shape index (κ2) is 30.6. The minimum atomic E-state index is -4.60. The number of nitrogens with zero attached hydrogens (tertiary/aromatic N) is 2. The zero-order valence-electron chi connectivity index (χ0n) is 44.1. The summed E-state index contributed by atoms with van der Waals surface area (Å²) in [6.07, 6.45) is -3.86. The first-order valence-corrected chi connectivity index (χ1v) is 34.4. The van der Waals surface area contributed by atoms with Crippen LogP contribution in [0.2, 0.25) is 10.0 Å². The highest BCUT2D eigenvalue weighted by molar-refractivity contribution is 8.67. The lowest BCUT2D eigenvalue weighted by atomic mass is 10.1. The van der Waals surface area contributed by atoms with Crippen molar-refractivity contribution in [1.29, 1.82) is 0 Å². The summed E-state index contributed by atoms with van der Waals surface area (Å²) in [4.78, 5) is 37.9. The molecule has 0 saturated heterocycles. The van der Waals surface area contributed by atoms with Gasteiger partial charge in [-0.15, -0.1) is 11.8 Å². The molecule has 1 heterocycles. The number of rotatable bonds is 19. The second-order valence-corrected chi connectivity index (χ2v) is 30.9. The zero-order chi connectivity index (χ0) is 59.7. The highest BCUT2D eigenvalue weighted by Gasteiger charge is 2.37. The zero-order valence-corrected chi connectivity index (χ0v) is 51.4. The van der Waals surface area contributed by atoms with Gasteiger partial charge in [0.15, 0.2) is 0 Å². The summed E-state index contributed by atoms with van der Waals surface area (Å²) >= 11 is 20.0. The van der Waals surface area contributed by atoms with E-state index in [1.54, 1.807) is 105 Å². The second-order valence-electron chi connectivity index (χ2n) is 17.3. The van der Waals surface area contributed by atoms with Crippen molar-refractivity contribution >= 4 is 129 Å². The van der Waals surface area contributed by atoms with Gasteiger partial charge in [-0.2, -0.15) is 21.6 Å². The van der Waals surface area contributed by atoms with Crippen LogP contribution < -0.4 is 19.1 Å². The molecule has 6 rings (SSSR count). The van der Waals surface area contributed by atoms with Crippen molar-refractivity contribution in [2.45, 2.75) is 95.6 Å². The van der Waals surface area contributed by atoms with E-state index in [-0.39, 0.29) is 28.7 Å². The lowest BCUT2D eigenvalue weighted by molar-refractivity contribution is -0.138. The average Bonchev–Trinajstić information content (AvgIpc) is 3.34. The van der Waals surface area contributed by atoms with E-state index in [0.717, 1.165) is 22.7 Å². The SMILES string of the molecule is CC(C(=O)O)N(C(=O)c1ccccc1)c1ccc(Cl)c(Cl)c1.CC(C)N1C(=O)c2ccccc2NS1(=O)=O.CC(C)OP(=S)(OC(C)C)SCCNS(=O)(=O)c1ccccc1.CCSc1ccc(NS(C)(=O)=O)c(C(F)(F)F)c1. The molecule has 79 heavy (non-hydrogen) atoms. The number of para-hydroxylation sites is 1. The molecule has 1 atom stereocenters. The molecular formula is C50H61Cl2F3N5O12PS6. The van der Waals surface area contributed by atoms with E-state index in [0.29, 0.717) is 43.9 Å². The van der Waals surface area contributed by atoms with Crippen molar-refractivity contribution in [3.63, 3.8) is 0 Å². The number of sulfonamides is 2. The third-order valence-corrected chi connectivity index (χ3v) is 20.6. The fourth-order valence-corrected chi connectivity index (χ4v) is 16.4. The van der Waals surface area contributed by atoms with Crippen LogP contribution >= 0.6 is 52.0 Å². The maximum atomic E-state index is 12.8. The molecule has 0 saturated carbocycles. The number of benzene rings is 5. The van der Waals surface area contributed by atoms with Crippen LogP contribution in [0.25, 0.3) is 0 Å². The van der Waals surface area contributed by atoms with Gasteiger partial charge in [-0.05, 0) is 139 Å². The number of carbonyl (C=O) groups is 3. The van der Waals surface area contributed by atoms with E-state index < -0.39 is 83.2 Å². The molecule has 0 aromatic heterocycles. The Morgan fingerprint density at radius 2 is 1.39 bits per heavy atom. The van der Waals surface area contributed by atoms with E-state index in [9.17, 15) is 57.9 Å². The predicted octanol–water partition coefficient (Wildman–Crippen LogP) is 12.3. The molecule has 5 aromatic carbocycles. The average molecular weight is 1280 g/mol. The van der Waals surface area contributed by atoms with Crippen LogP contribution in [-0.2, 0) is 62.1 Å². The van der Waals surface area contributed by atoms with Crippen LogP contribution in [-0.4, -0.2) is 101 Å². The fourth-order valence-electron chi connectivity index (χ4n) is 6.59. The Morgan fingerprint density at radius 3 is 1.90 bits per heavy atom. The first kappa shape index (κ1) is 68.8. The van der Waals surface area contributed by atoms with Crippen molar-refractivity contribution in [1.82, 2.24) is 9.03 Å². The number of nitrogens with one attached hydrogen (secondary N) is 3. The first-order valence-electron chi connectivity index (χ1n) is 23.6. The third kappa shape index (κ3) is 22.1. The molecule has 0 fully saturated rings. The molecule has 0 spiro atoms. The van der Waals surface area contributed by atoms with Gasteiger partial charge in [-0.25, -0.2) is 30.7 Å². The Morgan fingerprint density at radius 1 is 0.835 bits per heavy atom. The molecular weight excluding hydrogens is 1210 g/mol. The summed E-state index contributed by atoms with van der Waals surface area (Å²) in [5.74, 6) is -0.896. The molecule has 1 unspecified atom stereocenters. The topological polar surface area (TPSA) is 235 Å².